The maximum absolute atomic E-state index is 10.5. The summed E-state index contributed by atoms with van der Waals surface area (Å²) >= 11 is 0. The van der Waals surface area contributed by atoms with Crippen LogP contribution in [0.5, 0.6) is 0 Å². The van der Waals surface area contributed by atoms with E-state index in [1.54, 1.807) is 0 Å². The van der Waals surface area contributed by atoms with Crippen LogP contribution in [0.1, 0.15) is 11.1 Å². The third-order valence-corrected chi connectivity index (χ3v) is 1.71. The fraction of sp³-hybridized carbons (Fsp3) is 0.182. The monoisotopic (exact) mass is 204 g/mol. The first-order chi connectivity index (χ1) is 7.22. The average Bonchev–Trinajstić information content (AvgIpc) is 2.24. The van der Waals surface area contributed by atoms with Gasteiger partial charge in [-0.15, -0.1) is 0 Å². The van der Waals surface area contributed by atoms with Crippen molar-refractivity contribution in [2.45, 2.75) is 6.54 Å². The predicted molar refractivity (Wildman–Crippen MR) is 56.8 cm³/mol. The molecular weight excluding hydrogens is 192 g/mol. The Labute approximate surface area is 88.1 Å². The van der Waals surface area contributed by atoms with Crippen molar-refractivity contribution in [2.24, 2.45) is 5.73 Å². The van der Waals surface area contributed by atoms with E-state index in [0.29, 0.717) is 6.54 Å². The van der Waals surface area contributed by atoms with Crippen LogP contribution in [0.25, 0.3) is 0 Å². The fourth-order valence-electron chi connectivity index (χ4n) is 1.09. The molecule has 78 valence electrons. The van der Waals surface area contributed by atoms with E-state index < -0.39 is 6.03 Å². The van der Waals surface area contributed by atoms with E-state index in [9.17, 15) is 4.79 Å². The third kappa shape index (κ3) is 4.16. The molecule has 0 unspecified atom stereocenters. The van der Waals surface area contributed by atoms with Gasteiger partial charge in [-0.3, -0.25) is 0 Å². The smallest absolute Gasteiger partial charge is 0.312 e. The molecule has 0 aliphatic heterocycles. The third-order valence-electron chi connectivity index (χ3n) is 1.71. The van der Waals surface area contributed by atoms with Gasteiger partial charge in [-0.25, -0.2) is 4.79 Å². The van der Waals surface area contributed by atoms with Gasteiger partial charge in [0.05, 0.1) is 0 Å². The largest absolute Gasteiger partial charge is 0.384 e. The SMILES string of the molecule is NC(=O)NCc1cccc(C#CCO)c1. The van der Waals surface area contributed by atoms with Crippen LogP contribution in [0.15, 0.2) is 24.3 Å². The standard InChI is InChI=1S/C11H12N2O2/c12-11(15)13-8-10-4-1-3-9(7-10)5-2-6-14/h1,3-4,7,14H,6,8H2,(H3,12,13,15). The Morgan fingerprint density at radius 3 is 3.00 bits per heavy atom. The molecule has 15 heavy (non-hydrogen) atoms. The van der Waals surface area contributed by atoms with Crippen molar-refractivity contribution in [1.29, 1.82) is 0 Å². The Morgan fingerprint density at radius 1 is 1.53 bits per heavy atom. The number of nitrogens with two attached hydrogens (primary N) is 1. The highest BCUT2D eigenvalue weighted by Gasteiger charge is 1.95. The molecule has 0 bridgehead atoms. The second-order valence-corrected chi connectivity index (χ2v) is 2.88. The van der Waals surface area contributed by atoms with Gasteiger partial charge in [-0.2, -0.15) is 0 Å². The summed E-state index contributed by atoms with van der Waals surface area (Å²) in [7, 11) is 0. The number of aliphatic hydroxyl groups is 1. The number of rotatable bonds is 2. The van der Waals surface area contributed by atoms with E-state index in [4.69, 9.17) is 10.8 Å². The van der Waals surface area contributed by atoms with E-state index in [1.807, 2.05) is 24.3 Å². The van der Waals surface area contributed by atoms with Crippen LogP contribution in [0.4, 0.5) is 4.79 Å². The highest BCUT2D eigenvalue weighted by molar-refractivity contribution is 5.71. The minimum atomic E-state index is -0.554. The second-order valence-electron chi connectivity index (χ2n) is 2.88. The molecule has 0 saturated carbocycles. The van der Waals surface area contributed by atoms with E-state index in [2.05, 4.69) is 17.2 Å². The zero-order valence-electron chi connectivity index (χ0n) is 8.16. The summed E-state index contributed by atoms with van der Waals surface area (Å²) < 4.78 is 0. The summed E-state index contributed by atoms with van der Waals surface area (Å²) in [5.41, 5.74) is 6.66. The number of amides is 2. The maximum atomic E-state index is 10.5. The fourth-order valence-corrected chi connectivity index (χ4v) is 1.09. The Kier molecular flexibility index (Phi) is 4.20. The Morgan fingerprint density at radius 2 is 2.33 bits per heavy atom. The Balaban J connectivity index is 2.69. The predicted octanol–water partition coefficient (Wildman–Crippen LogP) is 0.199. The molecule has 4 heteroatoms. The molecule has 1 rings (SSSR count). The number of hydrogen-bond donors (Lipinski definition) is 3. The first-order valence-electron chi connectivity index (χ1n) is 4.44. The van der Waals surface area contributed by atoms with Crippen LogP contribution in [0, 0.1) is 11.8 Å². The molecule has 4 N–H and O–H groups in total. The number of carbonyl (C=O) groups excluding carboxylic acids is 1. The average molecular weight is 204 g/mol. The molecule has 0 aliphatic carbocycles. The zero-order valence-corrected chi connectivity index (χ0v) is 8.16. The number of nitrogens with one attached hydrogen (secondary N) is 1. The van der Waals surface area contributed by atoms with E-state index in [0.717, 1.165) is 11.1 Å². The lowest BCUT2D eigenvalue weighted by Gasteiger charge is -2.01. The molecule has 0 heterocycles. The summed E-state index contributed by atoms with van der Waals surface area (Å²) in [5, 5.41) is 11.0. The molecule has 0 aromatic heterocycles. The molecule has 4 nitrogen and oxygen atoms in total. The first kappa shape index (κ1) is 11.1. The van der Waals surface area contributed by atoms with Crippen LogP contribution in [-0.4, -0.2) is 17.7 Å². The van der Waals surface area contributed by atoms with Crippen molar-refractivity contribution >= 4 is 6.03 Å². The molecule has 0 fully saturated rings. The van der Waals surface area contributed by atoms with Crippen LogP contribution < -0.4 is 11.1 Å². The number of benzene rings is 1. The van der Waals surface area contributed by atoms with Gasteiger partial charge >= 0.3 is 6.03 Å². The van der Waals surface area contributed by atoms with Crippen LogP contribution in [0.2, 0.25) is 0 Å². The van der Waals surface area contributed by atoms with E-state index in [-0.39, 0.29) is 6.61 Å². The number of hydrogen-bond acceptors (Lipinski definition) is 2. The maximum Gasteiger partial charge on any atom is 0.312 e. The topological polar surface area (TPSA) is 75.4 Å². The minimum absolute atomic E-state index is 0.163. The summed E-state index contributed by atoms with van der Waals surface area (Å²) in [6.45, 7) is 0.216. The van der Waals surface area contributed by atoms with E-state index in [1.165, 1.54) is 0 Å². The zero-order chi connectivity index (χ0) is 11.1. The van der Waals surface area contributed by atoms with Crippen LogP contribution in [0.3, 0.4) is 0 Å². The molecule has 1 aromatic rings. The van der Waals surface area contributed by atoms with Gasteiger partial charge in [0.25, 0.3) is 0 Å². The van der Waals surface area contributed by atoms with Crippen molar-refractivity contribution in [3.05, 3.63) is 35.4 Å². The quantitative estimate of drug-likeness (QED) is 0.602. The molecule has 0 spiro atoms. The second kappa shape index (κ2) is 5.68. The lowest BCUT2D eigenvalue weighted by molar-refractivity contribution is 0.248. The van der Waals surface area contributed by atoms with Crippen LogP contribution in [-0.2, 0) is 6.54 Å². The molecule has 2 amide bonds. The molecule has 0 saturated heterocycles. The van der Waals surface area contributed by atoms with Crippen molar-refractivity contribution < 1.29 is 9.90 Å². The summed E-state index contributed by atoms with van der Waals surface area (Å²) in [5.74, 6) is 5.33. The van der Waals surface area contributed by atoms with Gasteiger partial charge in [0.15, 0.2) is 0 Å². The van der Waals surface area contributed by atoms with Gasteiger partial charge in [-0.1, -0.05) is 24.0 Å². The van der Waals surface area contributed by atoms with Crippen molar-refractivity contribution in [1.82, 2.24) is 5.32 Å². The number of primary amides is 1. The lowest BCUT2D eigenvalue weighted by Crippen LogP contribution is -2.28. The minimum Gasteiger partial charge on any atom is -0.384 e. The van der Waals surface area contributed by atoms with Crippen molar-refractivity contribution in [2.75, 3.05) is 6.61 Å². The van der Waals surface area contributed by atoms with Gasteiger partial charge in [-0.05, 0) is 17.7 Å². The summed E-state index contributed by atoms with van der Waals surface area (Å²) in [6.07, 6.45) is 0. The Bertz CT molecular complexity index is 405. The Hall–Kier alpha value is -1.99. The molecule has 1 aromatic carbocycles. The number of urea groups is 1. The lowest BCUT2D eigenvalue weighted by atomic mass is 10.1. The molecule has 0 radical (unpaired) electrons. The normalized spacial score (nSPS) is 8.87. The number of carbonyl (C=O) groups is 1. The molecular formula is C11H12N2O2. The van der Waals surface area contributed by atoms with Crippen molar-refractivity contribution in [3.8, 4) is 11.8 Å². The van der Waals surface area contributed by atoms with Crippen molar-refractivity contribution in [3.63, 3.8) is 0 Å². The number of aliphatic hydroxyl groups excluding tert-OH is 1. The summed E-state index contributed by atoms with van der Waals surface area (Å²) in [6, 6.07) is 6.80. The summed E-state index contributed by atoms with van der Waals surface area (Å²) in [4.78, 5) is 10.5. The molecule has 0 atom stereocenters. The van der Waals surface area contributed by atoms with Gasteiger partial charge in [0.2, 0.25) is 0 Å². The highest BCUT2D eigenvalue weighted by atomic mass is 16.2. The van der Waals surface area contributed by atoms with Gasteiger partial charge in [0, 0.05) is 12.1 Å². The highest BCUT2D eigenvalue weighted by Crippen LogP contribution is 2.03. The first-order valence-corrected chi connectivity index (χ1v) is 4.44. The van der Waals surface area contributed by atoms with E-state index >= 15 is 0 Å². The van der Waals surface area contributed by atoms with Crippen LogP contribution >= 0.6 is 0 Å². The van der Waals surface area contributed by atoms with Gasteiger partial charge in [0.1, 0.15) is 6.61 Å². The molecule has 0 aliphatic rings. The van der Waals surface area contributed by atoms with Gasteiger partial charge < -0.3 is 16.2 Å².